The zero-order valence-electron chi connectivity index (χ0n) is 17.3. The van der Waals surface area contributed by atoms with E-state index in [-0.39, 0.29) is 11.7 Å². The molecule has 5 nitrogen and oxygen atoms in total. The summed E-state index contributed by atoms with van der Waals surface area (Å²) in [6, 6.07) is 12.3. The molecule has 2 N–H and O–H groups in total. The number of carbonyl (C=O) groups is 1. The molecule has 0 unspecified atom stereocenters. The highest BCUT2D eigenvalue weighted by molar-refractivity contribution is 6.30. The molecule has 0 atom stereocenters. The van der Waals surface area contributed by atoms with Crippen LogP contribution in [-0.2, 0) is 11.3 Å². The van der Waals surface area contributed by atoms with E-state index in [1.165, 1.54) is 6.07 Å². The Hall–Kier alpha value is -2.31. The summed E-state index contributed by atoms with van der Waals surface area (Å²) in [5.74, 6) is 1.04. The molecule has 1 aliphatic rings. The smallest absolute Gasteiger partial charge is 0.221 e. The highest BCUT2D eigenvalue weighted by Gasteiger charge is 2.20. The molecule has 3 rings (SSSR count). The van der Waals surface area contributed by atoms with Gasteiger partial charge in [0, 0.05) is 36.6 Å². The number of rotatable bonds is 9. The van der Waals surface area contributed by atoms with E-state index in [9.17, 15) is 9.18 Å². The summed E-state index contributed by atoms with van der Waals surface area (Å²) in [4.78, 5) is 14.5. The van der Waals surface area contributed by atoms with E-state index in [2.05, 4.69) is 15.5 Å². The zero-order valence-corrected chi connectivity index (χ0v) is 18.1. The number of amides is 1. The number of methoxy groups -OCH3 is 1. The van der Waals surface area contributed by atoms with E-state index >= 15 is 0 Å². The highest BCUT2D eigenvalue weighted by atomic mass is 35.5. The first kappa shape index (κ1) is 22.4. The summed E-state index contributed by atoms with van der Waals surface area (Å²) in [7, 11) is 1.60. The molecular formula is C23H29ClFN3O2. The van der Waals surface area contributed by atoms with Gasteiger partial charge in [-0.25, -0.2) is 4.39 Å². The van der Waals surface area contributed by atoms with Gasteiger partial charge < -0.3 is 15.4 Å². The SMILES string of the molecule is COc1ccc(Cl)cc1NCCC(=O)NCC1CCN(Cc2ccccc2F)CC1. The molecule has 1 fully saturated rings. The lowest BCUT2D eigenvalue weighted by atomic mass is 9.96. The summed E-state index contributed by atoms with van der Waals surface area (Å²) in [6.07, 6.45) is 2.39. The molecule has 0 radical (unpaired) electrons. The monoisotopic (exact) mass is 433 g/mol. The minimum absolute atomic E-state index is 0.0253. The van der Waals surface area contributed by atoms with E-state index in [0.29, 0.717) is 42.7 Å². The Kier molecular flexibility index (Phi) is 8.34. The fourth-order valence-electron chi connectivity index (χ4n) is 3.69. The number of ether oxygens (including phenoxy) is 1. The number of nitrogens with one attached hydrogen (secondary N) is 2. The maximum atomic E-state index is 13.8. The number of nitrogens with zero attached hydrogens (tertiary/aromatic N) is 1. The van der Waals surface area contributed by atoms with Crippen molar-refractivity contribution in [2.45, 2.75) is 25.8 Å². The van der Waals surface area contributed by atoms with Crippen molar-refractivity contribution >= 4 is 23.2 Å². The first-order valence-electron chi connectivity index (χ1n) is 10.3. The van der Waals surface area contributed by atoms with Crippen LogP contribution in [0.2, 0.25) is 5.02 Å². The van der Waals surface area contributed by atoms with E-state index in [1.54, 1.807) is 31.4 Å². The molecule has 30 heavy (non-hydrogen) atoms. The highest BCUT2D eigenvalue weighted by Crippen LogP contribution is 2.27. The molecular weight excluding hydrogens is 405 g/mol. The van der Waals surface area contributed by atoms with Crippen LogP contribution in [0.15, 0.2) is 42.5 Å². The minimum Gasteiger partial charge on any atom is -0.495 e. The van der Waals surface area contributed by atoms with E-state index in [4.69, 9.17) is 16.3 Å². The number of halogens is 2. The summed E-state index contributed by atoms with van der Waals surface area (Å²) >= 11 is 6.02. The van der Waals surface area contributed by atoms with Crippen molar-refractivity contribution in [2.24, 2.45) is 5.92 Å². The number of likely N-dealkylation sites (tertiary alicyclic amines) is 1. The fraction of sp³-hybridized carbons (Fsp3) is 0.435. The lowest BCUT2D eigenvalue weighted by Gasteiger charge is -2.32. The van der Waals surface area contributed by atoms with Gasteiger partial charge in [0.15, 0.2) is 0 Å². The Balaban J connectivity index is 1.33. The van der Waals surface area contributed by atoms with E-state index < -0.39 is 0 Å². The Morgan fingerprint density at radius 2 is 2.00 bits per heavy atom. The van der Waals surface area contributed by atoms with Crippen LogP contribution in [0.1, 0.15) is 24.8 Å². The largest absolute Gasteiger partial charge is 0.495 e. The van der Waals surface area contributed by atoms with Gasteiger partial charge in [-0.05, 0) is 56.1 Å². The molecule has 0 aromatic heterocycles. The maximum Gasteiger partial charge on any atom is 0.221 e. The molecule has 1 amide bonds. The molecule has 2 aromatic rings. The average molecular weight is 434 g/mol. The fourth-order valence-corrected chi connectivity index (χ4v) is 3.86. The molecule has 0 spiro atoms. The van der Waals surface area contributed by atoms with Gasteiger partial charge in [-0.15, -0.1) is 0 Å². The normalized spacial score (nSPS) is 15.0. The molecule has 1 heterocycles. The van der Waals surface area contributed by atoms with E-state index in [0.717, 1.165) is 37.2 Å². The van der Waals surface area contributed by atoms with Crippen molar-refractivity contribution < 1.29 is 13.9 Å². The van der Waals surface area contributed by atoms with Crippen LogP contribution < -0.4 is 15.4 Å². The number of anilines is 1. The van der Waals surface area contributed by atoms with Gasteiger partial charge >= 0.3 is 0 Å². The molecule has 2 aromatic carbocycles. The third-order valence-electron chi connectivity index (χ3n) is 5.48. The average Bonchev–Trinajstić information content (AvgIpc) is 2.75. The van der Waals surface area contributed by atoms with Crippen LogP contribution in [-0.4, -0.2) is 44.1 Å². The standard InChI is InChI=1S/C23H29ClFN3O2/c1-30-22-7-6-19(24)14-21(22)26-11-8-23(29)27-15-17-9-12-28(13-10-17)16-18-4-2-3-5-20(18)25/h2-7,14,17,26H,8-13,15-16H2,1H3,(H,27,29). The lowest BCUT2D eigenvalue weighted by molar-refractivity contribution is -0.121. The van der Waals surface area contributed by atoms with E-state index in [1.807, 2.05) is 12.1 Å². The molecule has 1 saturated heterocycles. The van der Waals surface area contributed by atoms with Crippen molar-refractivity contribution in [2.75, 3.05) is 38.6 Å². The van der Waals surface area contributed by atoms with Gasteiger partial charge in [0.1, 0.15) is 11.6 Å². The molecule has 0 saturated carbocycles. The van der Waals surface area contributed by atoms with Crippen LogP contribution in [0.5, 0.6) is 5.75 Å². The molecule has 162 valence electrons. The maximum absolute atomic E-state index is 13.8. The number of benzene rings is 2. The van der Waals surface area contributed by atoms with Gasteiger partial charge in [-0.2, -0.15) is 0 Å². The van der Waals surface area contributed by atoms with Crippen molar-refractivity contribution in [3.05, 3.63) is 58.9 Å². The topological polar surface area (TPSA) is 53.6 Å². The summed E-state index contributed by atoms with van der Waals surface area (Å²) in [5.41, 5.74) is 1.52. The van der Waals surface area contributed by atoms with Crippen LogP contribution in [0.3, 0.4) is 0 Å². The predicted octanol–water partition coefficient (Wildman–Crippen LogP) is 4.32. The number of hydrogen-bond acceptors (Lipinski definition) is 4. The number of carbonyl (C=O) groups excluding carboxylic acids is 1. The van der Waals surface area contributed by atoms with Crippen LogP contribution >= 0.6 is 11.6 Å². The third-order valence-corrected chi connectivity index (χ3v) is 5.71. The van der Waals surface area contributed by atoms with Gasteiger partial charge in [-0.1, -0.05) is 29.8 Å². The summed E-state index contributed by atoms with van der Waals surface area (Å²) in [5, 5.41) is 6.85. The van der Waals surface area contributed by atoms with Crippen LogP contribution in [0, 0.1) is 11.7 Å². The first-order chi connectivity index (χ1) is 14.5. The second-order valence-corrected chi connectivity index (χ2v) is 8.07. The molecule has 1 aliphatic heterocycles. The van der Waals surface area contributed by atoms with Crippen LogP contribution in [0.4, 0.5) is 10.1 Å². The molecule has 0 aliphatic carbocycles. The number of hydrogen-bond donors (Lipinski definition) is 2. The summed E-state index contributed by atoms with van der Waals surface area (Å²) in [6.45, 7) is 3.68. The van der Waals surface area contributed by atoms with Gasteiger partial charge in [0.05, 0.1) is 12.8 Å². The van der Waals surface area contributed by atoms with Gasteiger partial charge in [0.2, 0.25) is 5.91 Å². The Bertz CT molecular complexity index is 841. The Morgan fingerprint density at radius 1 is 1.23 bits per heavy atom. The molecule has 0 bridgehead atoms. The van der Waals surface area contributed by atoms with Crippen molar-refractivity contribution in [3.63, 3.8) is 0 Å². The predicted molar refractivity (Wildman–Crippen MR) is 119 cm³/mol. The number of piperidine rings is 1. The first-order valence-corrected chi connectivity index (χ1v) is 10.7. The van der Waals surface area contributed by atoms with Gasteiger partial charge in [0.25, 0.3) is 0 Å². The second-order valence-electron chi connectivity index (χ2n) is 7.64. The zero-order chi connectivity index (χ0) is 21.3. The molecule has 7 heteroatoms. The lowest BCUT2D eigenvalue weighted by Crippen LogP contribution is -2.38. The Labute approximate surface area is 182 Å². The summed E-state index contributed by atoms with van der Waals surface area (Å²) < 4.78 is 19.1. The van der Waals surface area contributed by atoms with Crippen molar-refractivity contribution in [1.82, 2.24) is 10.2 Å². The third kappa shape index (κ3) is 6.61. The van der Waals surface area contributed by atoms with Crippen LogP contribution in [0.25, 0.3) is 0 Å². The second kappa shape index (κ2) is 11.2. The van der Waals surface area contributed by atoms with Crippen molar-refractivity contribution in [3.8, 4) is 5.75 Å². The quantitative estimate of drug-likeness (QED) is 0.618. The minimum atomic E-state index is -0.143. The van der Waals surface area contributed by atoms with Gasteiger partial charge in [-0.3, -0.25) is 9.69 Å². The Morgan fingerprint density at radius 3 is 2.73 bits per heavy atom. The van der Waals surface area contributed by atoms with Crippen molar-refractivity contribution in [1.29, 1.82) is 0 Å².